The lowest BCUT2D eigenvalue weighted by Gasteiger charge is -2.25. The molecule has 0 spiro atoms. The molecule has 94 valence electrons. The molecule has 1 aliphatic heterocycles. The summed E-state index contributed by atoms with van der Waals surface area (Å²) < 4.78 is 28.6. The molecule has 0 saturated carbocycles. The van der Waals surface area contributed by atoms with Crippen LogP contribution >= 0.6 is 0 Å². The van der Waals surface area contributed by atoms with Crippen LogP contribution in [-0.4, -0.2) is 33.9 Å². The fourth-order valence-corrected chi connectivity index (χ4v) is 2.84. The van der Waals surface area contributed by atoms with E-state index in [1.807, 2.05) is 6.07 Å². The highest BCUT2D eigenvalue weighted by Crippen LogP contribution is 2.23. The van der Waals surface area contributed by atoms with Gasteiger partial charge in [0, 0.05) is 18.9 Å². The summed E-state index contributed by atoms with van der Waals surface area (Å²) in [6.45, 7) is 1.43. The fourth-order valence-electron chi connectivity index (χ4n) is 1.98. The molecule has 4 nitrogen and oxygen atoms in total. The molecule has 0 bridgehead atoms. The van der Waals surface area contributed by atoms with E-state index in [9.17, 15) is 8.42 Å². The molecule has 1 fully saturated rings. The number of benzene rings is 1. The van der Waals surface area contributed by atoms with Crippen molar-refractivity contribution in [3.05, 3.63) is 24.3 Å². The summed E-state index contributed by atoms with van der Waals surface area (Å²) in [6, 6.07) is 7.19. The SMILES string of the molecule is CS(=O)(=O)c1ccccc1NC1CCCOC1. The van der Waals surface area contributed by atoms with Gasteiger partial charge in [-0.05, 0) is 25.0 Å². The third kappa shape index (κ3) is 3.20. The Hall–Kier alpha value is -1.07. The number of rotatable bonds is 3. The van der Waals surface area contributed by atoms with Crippen LogP contribution in [0.5, 0.6) is 0 Å². The first-order valence-corrected chi connectivity index (χ1v) is 7.60. The summed E-state index contributed by atoms with van der Waals surface area (Å²) in [7, 11) is -3.19. The third-order valence-corrected chi connectivity index (χ3v) is 3.96. The molecule has 1 N–H and O–H groups in total. The van der Waals surface area contributed by atoms with Gasteiger partial charge in [0.1, 0.15) is 0 Å². The van der Waals surface area contributed by atoms with Crippen LogP contribution in [0.1, 0.15) is 12.8 Å². The van der Waals surface area contributed by atoms with Gasteiger partial charge in [0.25, 0.3) is 0 Å². The minimum Gasteiger partial charge on any atom is -0.379 e. The van der Waals surface area contributed by atoms with Crippen LogP contribution in [0.25, 0.3) is 0 Å². The lowest BCUT2D eigenvalue weighted by atomic mass is 10.1. The zero-order valence-corrected chi connectivity index (χ0v) is 10.7. The van der Waals surface area contributed by atoms with Gasteiger partial charge < -0.3 is 10.1 Å². The third-order valence-electron chi connectivity index (χ3n) is 2.81. The number of para-hydroxylation sites is 1. The first-order valence-electron chi connectivity index (χ1n) is 5.71. The van der Waals surface area contributed by atoms with Crippen molar-refractivity contribution in [2.45, 2.75) is 23.8 Å². The van der Waals surface area contributed by atoms with Crippen LogP contribution in [-0.2, 0) is 14.6 Å². The molecule has 0 aromatic heterocycles. The average molecular weight is 255 g/mol. The first-order chi connectivity index (χ1) is 8.07. The van der Waals surface area contributed by atoms with Crippen LogP contribution in [0.3, 0.4) is 0 Å². The summed E-state index contributed by atoms with van der Waals surface area (Å²) >= 11 is 0. The Balaban J connectivity index is 2.20. The summed E-state index contributed by atoms with van der Waals surface area (Å²) in [6.07, 6.45) is 3.25. The van der Waals surface area contributed by atoms with E-state index in [1.165, 1.54) is 6.26 Å². The summed E-state index contributed by atoms with van der Waals surface area (Å²) in [5, 5.41) is 3.25. The highest BCUT2D eigenvalue weighted by atomic mass is 32.2. The van der Waals surface area contributed by atoms with E-state index in [2.05, 4.69) is 5.32 Å². The standard InChI is InChI=1S/C12H17NO3S/c1-17(14,15)12-7-3-2-6-11(12)13-10-5-4-8-16-9-10/h2-3,6-7,10,13H,4-5,8-9H2,1H3. The van der Waals surface area contributed by atoms with E-state index in [0.717, 1.165) is 19.4 Å². The van der Waals surface area contributed by atoms with E-state index < -0.39 is 9.84 Å². The van der Waals surface area contributed by atoms with E-state index in [0.29, 0.717) is 17.2 Å². The van der Waals surface area contributed by atoms with Crippen molar-refractivity contribution in [1.82, 2.24) is 0 Å². The lowest BCUT2D eigenvalue weighted by Crippen LogP contribution is -2.30. The predicted molar refractivity (Wildman–Crippen MR) is 67.0 cm³/mol. The lowest BCUT2D eigenvalue weighted by molar-refractivity contribution is 0.0875. The van der Waals surface area contributed by atoms with Crippen molar-refractivity contribution in [1.29, 1.82) is 0 Å². The number of hydrogen-bond donors (Lipinski definition) is 1. The summed E-state index contributed by atoms with van der Waals surface area (Å²) in [5.74, 6) is 0. The second kappa shape index (κ2) is 5.06. The number of hydrogen-bond acceptors (Lipinski definition) is 4. The van der Waals surface area contributed by atoms with Crippen molar-refractivity contribution in [3.63, 3.8) is 0 Å². The largest absolute Gasteiger partial charge is 0.379 e. The van der Waals surface area contributed by atoms with Crippen LogP contribution in [0, 0.1) is 0 Å². The number of ether oxygens (including phenoxy) is 1. The normalized spacial score (nSPS) is 21.1. The number of sulfone groups is 1. The zero-order chi connectivity index (χ0) is 12.3. The Bertz CT molecular complexity index is 478. The average Bonchev–Trinajstić information content (AvgIpc) is 2.30. The quantitative estimate of drug-likeness (QED) is 0.893. The van der Waals surface area contributed by atoms with Gasteiger partial charge >= 0.3 is 0 Å². The zero-order valence-electron chi connectivity index (χ0n) is 9.85. The predicted octanol–water partition coefficient (Wildman–Crippen LogP) is 1.68. The molecule has 1 aliphatic rings. The molecule has 1 atom stereocenters. The molecule has 1 heterocycles. The van der Waals surface area contributed by atoms with Crippen molar-refractivity contribution in [3.8, 4) is 0 Å². The van der Waals surface area contributed by atoms with Crippen molar-refractivity contribution < 1.29 is 13.2 Å². The maximum absolute atomic E-state index is 11.6. The van der Waals surface area contributed by atoms with Gasteiger partial charge in [-0.15, -0.1) is 0 Å². The number of anilines is 1. The van der Waals surface area contributed by atoms with E-state index >= 15 is 0 Å². The molecule has 0 aliphatic carbocycles. The van der Waals surface area contributed by atoms with E-state index in [1.54, 1.807) is 18.2 Å². The molecule has 17 heavy (non-hydrogen) atoms. The van der Waals surface area contributed by atoms with Gasteiger partial charge in [-0.2, -0.15) is 0 Å². The molecule has 1 aromatic carbocycles. The Morgan fingerprint density at radius 2 is 2.12 bits per heavy atom. The molecule has 2 rings (SSSR count). The molecule has 0 radical (unpaired) electrons. The van der Waals surface area contributed by atoms with Gasteiger partial charge in [-0.3, -0.25) is 0 Å². The smallest absolute Gasteiger partial charge is 0.177 e. The Morgan fingerprint density at radius 3 is 2.76 bits per heavy atom. The maximum Gasteiger partial charge on any atom is 0.177 e. The molecule has 1 aromatic rings. The van der Waals surface area contributed by atoms with E-state index in [4.69, 9.17) is 4.74 Å². The minimum atomic E-state index is -3.19. The molecular weight excluding hydrogens is 238 g/mol. The summed E-state index contributed by atoms with van der Waals surface area (Å²) in [5.41, 5.74) is 0.672. The molecular formula is C12H17NO3S. The van der Waals surface area contributed by atoms with Crippen LogP contribution in [0.2, 0.25) is 0 Å². The fraction of sp³-hybridized carbons (Fsp3) is 0.500. The highest BCUT2D eigenvalue weighted by molar-refractivity contribution is 7.90. The van der Waals surface area contributed by atoms with Gasteiger partial charge in [0.15, 0.2) is 9.84 Å². The molecule has 1 saturated heterocycles. The molecule has 5 heteroatoms. The van der Waals surface area contributed by atoms with Gasteiger partial charge in [0.05, 0.1) is 17.2 Å². The van der Waals surface area contributed by atoms with Crippen LogP contribution in [0.15, 0.2) is 29.2 Å². The van der Waals surface area contributed by atoms with Crippen molar-refractivity contribution >= 4 is 15.5 Å². The Morgan fingerprint density at radius 1 is 1.35 bits per heavy atom. The molecule has 0 amide bonds. The van der Waals surface area contributed by atoms with Crippen LogP contribution < -0.4 is 5.32 Å². The Kier molecular flexibility index (Phi) is 3.69. The van der Waals surface area contributed by atoms with Gasteiger partial charge in [-0.25, -0.2) is 8.42 Å². The van der Waals surface area contributed by atoms with Gasteiger partial charge in [-0.1, -0.05) is 12.1 Å². The number of nitrogens with one attached hydrogen (secondary N) is 1. The van der Waals surface area contributed by atoms with Crippen LogP contribution in [0.4, 0.5) is 5.69 Å². The minimum absolute atomic E-state index is 0.201. The Labute approximate surface area is 102 Å². The highest BCUT2D eigenvalue weighted by Gasteiger charge is 2.17. The van der Waals surface area contributed by atoms with Crippen molar-refractivity contribution in [2.75, 3.05) is 24.8 Å². The van der Waals surface area contributed by atoms with Gasteiger partial charge in [0.2, 0.25) is 0 Å². The summed E-state index contributed by atoms with van der Waals surface area (Å²) in [4.78, 5) is 0.352. The maximum atomic E-state index is 11.6. The van der Waals surface area contributed by atoms with E-state index in [-0.39, 0.29) is 6.04 Å². The second-order valence-electron chi connectivity index (χ2n) is 4.33. The monoisotopic (exact) mass is 255 g/mol. The first kappa shape index (κ1) is 12.4. The second-order valence-corrected chi connectivity index (χ2v) is 6.31. The molecule has 1 unspecified atom stereocenters. The topological polar surface area (TPSA) is 55.4 Å². The van der Waals surface area contributed by atoms with Crippen molar-refractivity contribution in [2.24, 2.45) is 0 Å².